The quantitative estimate of drug-likeness (QED) is 0.0286. The number of ether oxygens (including phenoxy) is 8. The molecule has 4 heterocycles. The second kappa shape index (κ2) is 31.4. The number of carbonyl (C=O) groups is 13. The molecule has 0 radical (unpaired) electrons. The number of benzene rings is 6. The van der Waals surface area contributed by atoms with E-state index in [0.717, 1.165) is 12.8 Å². The highest BCUT2D eigenvalue weighted by Crippen LogP contribution is 2.33. The molecule has 0 fully saturated rings. The predicted octanol–water partition coefficient (Wildman–Crippen LogP) is 13.2. The zero-order valence-corrected chi connectivity index (χ0v) is 49.9. The Balaban J connectivity index is 0.000000288. The number of Topliss-reactive ketones (excluding diaryl/α,β-unsaturated/α-hetero) is 2. The molecule has 0 atom stereocenters. The van der Waals surface area contributed by atoms with Gasteiger partial charge in [-0.1, -0.05) is 88.7 Å². The minimum absolute atomic E-state index is 0.0115. The predicted molar refractivity (Wildman–Crippen MR) is 315 cm³/mol. The Bertz CT molecular complexity index is 3580. The summed E-state index contributed by atoms with van der Waals surface area (Å²) in [7, 11) is 0. The largest absolute Gasteiger partial charge is 0.423 e. The monoisotopic (exact) mass is 1200 g/mol. The second-order valence-corrected chi connectivity index (χ2v) is 17.8. The van der Waals surface area contributed by atoms with Crippen molar-refractivity contribution in [1.82, 2.24) is 0 Å². The third-order valence-electron chi connectivity index (χ3n) is 12.5. The van der Waals surface area contributed by atoms with Gasteiger partial charge in [0.05, 0.1) is 72.3 Å². The molecule has 0 aliphatic carbocycles. The summed E-state index contributed by atoms with van der Waals surface area (Å²) in [5.74, 6) is -9.87. The van der Waals surface area contributed by atoms with E-state index in [9.17, 15) is 62.3 Å². The van der Waals surface area contributed by atoms with E-state index in [1.165, 1.54) is 109 Å². The molecule has 4 aliphatic heterocycles. The molecule has 6 aromatic carbocycles. The molecular weight excluding hydrogens is 1140 g/mol. The SMILES string of the molecule is C=C1OC(=O)c2cc(C(=O)Oc3ccc(OC(=O)c4ccc5c(c4)C(=O)OC5=O)cc3C(=O)CCCC)ccc21.CC.CC.CC.CC.CCCCC(=O)c1cc(OC(=O)c2ccc3c(c2)C(=O)OC3=O)ccc1OC(=O)c1ccc2c(c1)C(=O)OC2=O. The lowest BCUT2D eigenvalue weighted by Crippen LogP contribution is -2.14. The van der Waals surface area contributed by atoms with E-state index in [1.807, 2.05) is 69.2 Å². The lowest BCUT2D eigenvalue weighted by molar-refractivity contribution is 0.0425. The fourth-order valence-corrected chi connectivity index (χ4v) is 8.29. The van der Waals surface area contributed by atoms with Gasteiger partial charge in [0.2, 0.25) is 0 Å². The third-order valence-corrected chi connectivity index (χ3v) is 12.5. The van der Waals surface area contributed by atoms with Gasteiger partial charge in [-0.25, -0.2) is 52.7 Å². The summed E-state index contributed by atoms with van der Waals surface area (Å²) in [6.07, 6.45) is 2.90. The van der Waals surface area contributed by atoms with Crippen LogP contribution in [0.1, 0.15) is 248 Å². The minimum atomic E-state index is -0.899. The normalized spacial score (nSPS) is 12.4. The van der Waals surface area contributed by atoms with Gasteiger partial charge in [0.25, 0.3) is 0 Å². The Kier molecular flexibility index (Phi) is 24.2. The lowest BCUT2D eigenvalue weighted by Gasteiger charge is -2.12. The highest BCUT2D eigenvalue weighted by Gasteiger charge is 2.34. The first-order chi connectivity index (χ1) is 42.3. The molecule has 10 rings (SSSR count). The minimum Gasteiger partial charge on any atom is -0.423 e. The second-order valence-electron chi connectivity index (χ2n) is 17.8. The molecule has 0 N–H and O–H groups in total. The van der Waals surface area contributed by atoms with Crippen molar-refractivity contribution >= 4 is 83.0 Å². The van der Waals surface area contributed by atoms with Crippen molar-refractivity contribution < 1.29 is 100 Å². The summed E-state index contributed by atoms with van der Waals surface area (Å²) in [4.78, 5) is 160. The summed E-state index contributed by atoms with van der Waals surface area (Å²) in [6.45, 7) is 23.5. The summed E-state index contributed by atoms with van der Waals surface area (Å²) in [5.41, 5.74) is 0.483. The average Bonchev–Trinajstić information content (AvgIpc) is 4.46. The van der Waals surface area contributed by atoms with Crippen molar-refractivity contribution in [3.8, 4) is 23.0 Å². The standard InChI is InChI=1S/C30H20O10.C29H18O11.4C2H6/c1-3-4-5-24(31)23-14-18(38-26(32)16-7-10-20-22(13-16)30(36)40-28(20)34)8-11-25(23)39-27(33)17-6-9-19-15(2)37-29(35)21(19)12-17;1-2-3-4-22(30)21-13-16(37-24(31)14-5-8-17-19(11-14)28(35)39-26(17)33)7-10-23(21)38-25(32)15-6-9-18-20(12-15)29(36)40-27(18)34;4*1-2/h6-14H,2-5H2,1H3;5-13H,2-4H2,1H3;4*1-2H3. The molecule has 21 heteroatoms. The van der Waals surface area contributed by atoms with Crippen molar-refractivity contribution in [2.45, 2.75) is 108 Å². The summed E-state index contributed by atoms with van der Waals surface area (Å²) >= 11 is 0. The molecule has 88 heavy (non-hydrogen) atoms. The van der Waals surface area contributed by atoms with E-state index in [-0.39, 0.29) is 125 Å². The number of ketones is 2. The molecule has 4 aliphatic rings. The van der Waals surface area contributed by atoms with Crippen LogP contribution in [0.5, 0.6) is 23.0 Å². The number of hydrogen-bond donors (Lipinski definition) is 0. The number of cyclic esters (lactones) is 7. The van der Waals surface area contributed by atoms with Crippen LogP contribution in [0.3, 0.4) is 0 Å². The van der Waals surface area contributed by atoms with Crippen molar-refractivity contribution in [2.75, 3.05) is 0 Å². The summed E-state index contributed by atoms with van der Waals surface area (Å²) in [5, 5.41) is 0. The molecule has 0 unspecified atom stereocenters. The molecule has 0 saturated carbocycles. The van der Waals surface area contributed by atoms with Gasteiger partial charge in [0.15, 0.2) is 11.6 Å². The molecule has 0 saturated heterocycles. The first-order valence-corrected chi connectivity index (χ1v) is 28.3. The number of fused-ring (bicyclic) bond motifs is 4. The maximum absolute atomic E-state index is 13.0. The number of hydrogen-bond acceptors (Lipinski definition) is 21. The van der Waals surface area contributed by atoms with Gasteiger partial charge >= 0.3 is 65.7 Å². The van der Waals surface area contributed by atoms with Crippen molar-refractivity contribution in [3.63, 3.8) is 0 Å². The van der Waals surface area contributed by atoms with Crippen LogP contribution in [-0.2, 0) is 18.9 Å². The molecule has 21 nitrogen and oxygen atoms in total. The topological polar surface area (TPSA) is 296 Å². The van der Waals surface area contributed by atoms with Crippen LogP contribution in [-0.4, -0.2) is 77.2 Å². The zero-order chi connectivity index (χ0) is 65.1. The number of rotatable bonds is 16. The van der Waals surface area contributed by atoms with Crippen molar-refractivity contribution in [3.05, 3.63) is 194 Å². The Labute approximate surface area is 505 Å². The molecular formula is C67H62O21. The maximum atomic E-state index is 13.0. The van der Waals surface area contributed by atoms with Crippen molar-refractivity contribution in [1.29, 1.82) is 0 Å². The summed E-state index contributed by atoms with van der Waals surface area (Å²) < 4.78 is 40.3. The van der Waals surface area contributed by atoms with Gasteiger partial charge in [0, 0.05) is 18.4 Å². The van der Waals surface area contributed by atoms with Gasteiger partial charge in [-0.05, 0) is 122 Å². The Morgan fingerprint density at radius 1 is 0.341 bits per heavy atom. The Morgan fingerprint density at radius 2 is 0.614 bits per heavy atom. The third kappa shape index (κ3) is 15.5. The molecule has 0 spiro atoms. The van der Waals surface area contributed by atoms with Gasteiger partial charge in [-0.15, -0.1) is 0 Å². The van der Waals surface area contributed by atoms with Gasteiger partial charge < -0.3 is 37.9 Å². The van der Waals surface area contributed by atoms with E-state index >= 15 is 0 Å². The zero-order valence-electron chi connectivity index (χ0n) is 49.9. The highest BCUT2D eigenvalue weighted by atomic mass is 16.6. The van der Waals surface area contributed by atoms with E-state index in [4.69, 9.17) is 23.7 Å². The van der Waals surface area contributed by atoms with Gasteiger partial charge in [-0.2, -0.15) is 0 Å². The van der Waals surface area contributed by atoms with Crippen LogP contribution in [0.25, 0.3) is 5.76 Å². The van der Waals surface area contributed by atoms with E-state index in [0.29, 0.717) is 18.4 Å². The first kappa shape index (κ1) is 68.0. The smallest absolute Gasteiger partial charge is 0.346 e. The fraction of sp³-hybridized carbons (Fsp3) is 0.239. The summed E-state index contributed by atoms with van der Waals surface area (Å²) in [6, 6.07) is 23.3. The van der Waals surface area contributed by atoms with E-state index in [1.54, 1.807) is 0 Å². The van der Waals surface area contributed by atoms with Crippen LogP contribution in [0.2, 0.25) is 0 Å². The maximum Gasteiger partial charge on any atom is 0.346 e. The fourth-order valence-electron chi connectivity index (χ4n) is 8.29. The molecule has 0 aromatic heterocycles. The van der Waals surface area contributed by atoms with Crippen LogP contribution in [0, 0.1) is 0 Å². The number of esters is 11. The Hall–Kier alpha value is -10.8. The van der Waals surface area contributed by atoms with Crippen LogP contribution >= 0.6 is 0 Å². The molecule has 6 aromatic rings. The molecule has 456 valence electrons. The average molecular weight is 1200 g/mol. The van der Waals surface area contributed by atoms with Crippen LogP contribution in [0.4, 0.5) is 0 Å². The molecule has 0 bridgehead atoms. The van der Waals surface area contributed by atoms with Gasteiger partial charge in [0.1, 0.15) is 28.8 Å². The van der Waals surface area contributed by atoms with Crippen LogP contribution < -0.4 is 18.9 Å². The lowest BCUT2D eigenvalue weighted by atomic mass is 10.0. The number of unbranched alkanes of at least 4 members (excludes halogenated alkanes) is 2. The van der Waals surface area contributed by atoms with Crippen molar-refractivity contribution in [2.24, 2.45) is 0 Å². The first-order valence-electron chi connectivity index (χ1n) is 28.3. The van der Waals surface area contributed by atoms with E-state index < -0.39 is 65.7 Å². The van der Waals surface area contributed by atoms with E-state index in [2.05, 4.69) is 20.8 Å². The Morgan fingerprint density at radius 3 is 0.932 bits per heavy atom. The highest BCUT2D eigenvalue weighted by molar-refractivity contribution is 6.17. The number of carbonyl (C=O) groups excluding carboxylic acids is 13. The van der Waals surface area contributed by atoms with Crippen LogP contribution in [0.15, 0.2) is 116 Å². The molecule has 0 amide bonds. The van der Waals surface area contributed by atoms with Gasteiger partial charge in [-0.3, -0.25) is 9.59 Å².